The van der Waals surface area contributed by atoms with Crippen LogP contribution in [0.3, 0.4) is 0 Å². The quantitative estimate of drug-likeness (QED) is 0.621. The van der Waals surface area contributed by atoms with Gasteiger partial charge in [0.1, 0.15) is 5.60 Å². The molecule has 2 N–H and O–H groups in total. The minimum atomic E-state index is -0.528. The molecule has 0 bridgehead atoms. The molecule has 4 nitrogen and oxygen atoms in total. The number of carbonyl (C=O) groups excluding carboxylic acids is 1. The fourth-order valence-electron chi connectivity index (χ4n) is 4.25. The lowest BCUT2D eigenvalue weighted by Crippen LogP contribution is -2.27. The van der Waals surface area contributed by atoms with Crippen molar-refractivity contribution >= 4 is 11.8 Å². The van der Waals surface area contributed by atoms with Crippen LogP contribution in [0.5, 0.6) is 0 Å². The SMILES string of the molecule is CC(C)(C)OC(=O)Nc1ccc(C2CCC(O)C2c2ccc(C(C)(C)C)cc2)cc1. The Kier molecular flexibility index (Phi) is 6.28. The minimum absolute atomic E-state index is 0.0867. The van der Waals surface area contributed by atoms with Crippen molar-refractivity contribution in [3.05, 3.63) is 65.2 Å². The van der Waals surface area contributed by atoms with Crippen LogP contribution in [0.1, 0.15) is 82.9 Å². The van der Waals surface area contributed by atoms with Crippen LogP contribution >= 0.6 is 0 Å². The molecule has 3 unspecified atom stereocenters. The molecule has 1 fully saturated rings. The summed E-state index contributed by atoms with van der Waals surface area (Å²) in [6, 6.07) is 16.6. The van der Waals surface area contributed by atoms with E-state index in [1.54, 1.807) is 0 Å². The van der Waals surface area contributed by atoms with Gasteiger partial charge in [0.2, 0.25) is 0 Å². The average molecular weight is 410 g/mol. The maximum atomic E-state index is 12.0. The number of nitrogens with one attached hydrogen (secondary N) is 1. The lowest BCUT2D eigenvalue weighted by atomic mass is 9.81. The van der Waals surface area contributed by atoms with Crippen LogP contribution in [-0.2, 0) is 10.2 Å². The van der Waals surface area contributed by atoms with Gasteiger partial charge in [-0.25, -0.2) is 4.79 Å². The van der Waals surface area contributed by atoms with Crippen molar-refractivity contribution in [2.75, 3.05) is 5.32 Å². The van der Waals surface area contributed by atoms with Crippen LogP contribution < -0.4 is 5.32 Å². The first-order chi connectivity index (χ1) is 13.9. The van der Waals surface area contributed by atoms with Gasteiger partial charge in [-0.05, 0) is 73.8 Å². The highest BCUT2D eigenvalue weighted by molar-refractivity contribution is 5.84. The second-order valence-electron chi connectivity index (χ2n) is 10.4. The fraction of sp³-hybridized carbons (Fsp3) is 0.500. The number of hydrogen-bond acceptors (Lipinski definition) is 3. The molecule has 2 aromatic carbocycles. The minimum Gasteiger partial charge on any atom is -0.444 e. The molecule has 0 radical (unpaired) electrons. The summed E-state index contributed by atoms with van der Waals surface area (Å²) in [7, 11) is 0. The van der Waals surface area contributed by atoms with Crippen LogP contribution in [0.15, 0.2) is 48.5 Å². The zero-order valence-corrected chi connectivity index (χ0v) is 19.0. The Morgan fingerprint density at radius 1 is 0.900 bits per heavy atom. The monoisotopic (exact) mass is 409 g/mol. The van der Waals surface area contributed by atoms with Crippen molar-refractivity contribution in [3.63, 3.8) is 0 Å². The molecule has 0 aromatic heterocycles. The second-order valence-corrected chi connectivity index (χ2v) is 10.4. The smallest absolute Gasteiger partial charge is 0.412 e. The van der Waals surface area contributed by atoms with E-state index < -0.39 is 11.7 Å². The molecule has 2 aromatic rings. The standard InChI is InChI=1S/C26H35NO3/c1-25(2,3)19-11-7-18(8-12-19)23-21(15-16-22(23)28)17-9-13-20(14-10-17)27-24(29)30-26(4,5)6/h7-14,21-23,28H,15-16H2,1-6H3,(H,27,29). The van der Waals surface area contributed by atoms with Crippen molar-refractivity contribution in [2.24, 2.45) is 0 Å². The summed E-state index contributed by atoms with van der Waals surface area (Å²) >= 11 is 0. The van der Waals surface area contributed by atoms with E-state index in [0.717, 1.165) is 12.8 Å². The molecular weight excluding hydrogens is 374 g/mol. The Bertz CT molecular complexity index is 857. The van der Waals surface area contributed by atoms with E-state index >= 15 is 0 Å². The van der Waals surface area contributed by atoms with Gasteiger partial charge in [0.05, 0.1) is 6.10 Å². The normalized spacial score (nSPS) is 22.0. The van der Waals surface area contributed by atoms with Crippen molar-refractivity contribution < 1.29 is 14.6 Å². The average Bonchev–Trinajstić information content (AvgIpc) is 3.01. The lowest BCUT2D eigenvalue weighted by Gasteiger charge is -2.25. The van der Waals surface area contributed by atoms with Gasteiger partial charge in [0.15, 0.2) is 0 Å². The second kappa shape index (κ2) is 8.43. The Labute approximate surface area is 180 Å². The number of anilines is 1. The van der Waals surface area contributed by atoms with Gasteiger partial charge < -0.3 is 9.84 Å². The summed E-state index contributed by atoms with van der Waals surface area (Å²) in [6.07, 6.45) is 0.957. The van der Waals surface area contributed by atoms with Crippen molar-refractivity contribution in [2.45, 2.75) is 83.3 Å². The highest BCUT2D eigenvalue weighted by Gasteiger charge is 2.37. The van der Waals surface area contributed by atoms with E-state index in [1.807, 2.05) is 45.0 Å². The van der Waals surface area contributed by atoms with E-state index in [0.29, 0.717) is 5.69 Å². The van der Waals surface area contributed by atoms with Gasteiger partial charge in [-0.15, -0.1) is 0 Å². The molecule has 1 saturated carbocycles. The van der Waals surface area contributed by atoms with E-state index in [9.17, 15) is 9.90 Å². The van der Waals surface area contributed by atoms with Crippen LogP contribution in [0, 0.1) is 0 Å². The van der Waals surface area contributed by atoms with Crippen LogP contribution in [-0.4, -0.2) is 22.9 Å². The molecule has 0 spiro atoms. The number of aliphatic hydroxyl groups excluding tert-OH is 1. The number of aliphatic hydroxyl groups is 1. The maximum absolute atomic E-state index is 12.0. The number of amides is 1. The summed E-state index contributed by atoms with van der Waals surface area (Å²) in [4.78, 5) is 12.0. The molecule has 1 aliphatic carbocycles. The number of hydrogen-bond donors (Lipinski definition) is 2. The van der Waals surface area contributed by atoms with Gasteiger partial charge >= 0.3 is 6.09 Å². The Morgan fingerprint density at radius 3 is 2.00 bits per heavy atom. The zero-order valence-electron chi connectivity index (χ0n) is 19.0. The first-order valence-corrected chi connectivity index (χ1v) is 10.8. The molecule has 3 atom stereocenters. The molecule has 0 heterocycles. The summed E-state index contributed by atoms with van der Waals surface area (Å²) in [6.45, 7) is 12.2. The van der Waals surface area contributed by atoms with Crippen LogP contribution in [0.4, 0.5) is 10.5 Å². The molecule has 30 heavy (non-hydrogen) atoms. The molecule has 0 saturated heterocycles. The van der Waals surface area contributed by atoms with Crippen molar-refractivity contribution in [1.82, 2.24) is 0 Å². The highest BCUT2D eigenvalue weighted by atomic mass is 16.6. The van der Waals surface area contributed by atoms with Crippen LogP contribution in [0.25, 0.3) is 0 Å². The van der Waals surface area contributed by atoms with Crippen molar-refractivity contribution in [1.29, 1.82) is 0 Å². The summed E-state index contributed by atoms with van der Waals surface area (Å²) in [5.74, 6) is 0.347. The molecule has 1 amide bonds. The number of ether oxygens (including phenoxy) is 1. The van der Waals surface area contributed by atoms with Gasteiger partial charge in [-0.2, -0.15) is 0 Å². The fourth-order valence-corrected chi connectivity index (χ4v) is 4.25. The third-order valence-electron chi connectivity index (χ3n) is 5.77. The summed E-state index contributed by atoms with van der Waals surface area (Å²) < 4.78 is 5.31. The molecular formula is C26H35NO3. The molecule has 162 valence electrons. The van der Waals surface area contributed by atoms with Crippen LogP contribution in [0.2, 0.25) is 0 Å². The van der Waals surface area contributed by atoms with Gasteiger partial charge in [-0.1, -0.05) is 57.2 Å². The van der Waals surface area contributed by atoms with Crippen molar-refractivity contribution in [3.8, 4) is 0 Å². The largest absolute Gasteiger partial charge is 0.444 e. The van der Waals surface area contributed by atoms with Gasteiger partial charge in [-0.3, -0.25) is 5.32 Å². The van der Waals surface area contributed by atoms with E-state index in [4.69, 9.17) is 4.74 Å². The predicted octanol–water partition coefficient (Wildman–Crippen LogP) is 6.35. The number of carbonyl (C=O) groups is 1. The van der Waals surface area contributed by atoms with Gasteiger partial charge in [0.25, 0.3) is 0 Å². The summed E-state index contributed by atoms with van der Waals surface area (Å²) in [5.41, 5.74) is 3.97. The Balaban J connectivity index is 1.75. The Hall–Kier alpha value is -2.33. The molecule has 3 rings (SSSR count). The molecule has 0 aliphatic heterocycles. The number of benzene rings is 2. The molecule has 1 aliphatic rings. The first kappa shape index (κ1) is 22.4. The van der Waals surface area contributed by atoms with Gasteiger partial charge in [0, 0.05) is 11.6 Å². The third kappa shape index (κ3) is 5.42. The predicted molar refractivity (Wildman–Crippen MR) is 122 cm³/mol. The molecule has 4 heteroatoms. The Morgan fingerprint density at radius 2 is 1.47 bits per heavy atom. The maximum Gasteiger partial charge on any atom is 0.412 e. The zero-order chi connectivity index (χ0) is 22.1. The topological polar surface area (TPSA) is 58.6 Å². The third-order valence-corrected chi connectivity index (χ3v) is 5.77. The number of rotatable bonds is 3. The first-order valence-electron chi connectivity index (χ1n) is 10.8. The lowest BCUT2D eigenvalue weighted by molar-refractivity contribution is 0.0636. The van der Waals surface area contributed by atoms with E-state index in [2.05, 4.69) is 50.4 Å². The van der Waals surface area contributed by atoms with E-state index in [1.165, 1.54) is 16.7 Å². The summed E-state index contributed by atoms with van der Waals surface area (Å²) in [5, 5.41) is 13.5. The van der Waals surface area contributed by atoms with E-state index in [-0.39, 0.29) is 23.4 Å². The highest BCUT2D eigenvalue weighted by Crippen LogP contribution is 2.46.